The van der Waals surface area contributed by atoms with Crippen LogP contribution in [0.2, 0.25) is 0 Å². The Balaban J connectivity index is 2.47. The maximum absolute atomic E-state index is 13.5. The molecular formula is C14H17FO3. The van der Waals surface area contributed by atoms with Gasteiger partial charge in [-0.05, 0) is 30.5 Å². The molecule has 0 fully saturated rings. The smallest absolute Gasteiger partial charge is 0.164 e. The Hall–Kier alpha value is -1.58. The molecule has 3 nitrogen and oxygen atoms in total. The molecule has 1 aromatic rings. The molecule has 2 unspecified atom stereocenters. The van der Waals surface area contributed by atoms with Gasteiger partial charge in [0.25, 0.3) is 0 Å². The number of alkyl halides is 1. The van der Waals surface area contributed by atoms with E-state index in [2.05, 4.69) is 0 Å². The van der Waals surface area contributed by atoms with E-state index < -0.39 is 6.17 Å². The summed E-state index contributed by atoms with van der Waals surface area (Å²) in [5.74, 6) is 1.23. The molecule has 0 amide bonds. The van der Waals surface area contributed by atoms with Crippen LogP contribution in [0.25, 0.3) is 0 Å². The van der Waals surface area contributed by atoms with Crippen LogP contribution in [0.4, 0.5) is 4.39 Å². The summed E-state index contributed by atoms with van der Waals surface area (Å²) in [5, 5.41) is 0. The molecule has 0 spiro atoms. The van der Waals surface area contributed by atoms with Gasteiger partial charge >= 0.3 is 0 Å². The highest BCUT2D eigenvalue weighted by Crippen LogP contribution is 2.41. The third kappa shape index (κ3) is 2.47. The highest BCUT2D eigenvalue weighted by molar-refractivity contribution is 5.56. The van der Waals surface area contributed by atoms with Gasteiger partial charge in [0.15, 0.2) is 11.5 Å². The van der Waals surface area contributed by atoms with Crippen LogP contribution in [-0.2, 0) is 4.79 Å². The molecule has 0 aromatic heterocycles. The van der Waals surface area contributed by atoms with Crippen molar-refractivity contribution < 1.29 is 18.7 Å². The van der Waals surface area contributed by atoms with E-state index in [1.54, 1.807) is 12.1 Å². The molecule has 1 aromatic carbocycles. The average molecular weight is 252 g/mol. The summed E-state index contributed by atoms with van der Waals surface area (Å²) in [6.45, 7) is 4.37. The number of aldehydes is 1. The van der Waals surface area contributed by atoms with Gasteiger partial charge in [0.1, 0.15) is 25.7 Å². The van der Waals surface area contributed by atoms with Crippen molar-refractivity contribution in [3.05, 3.63) is 23.3 Å². The van der Waals surface area contributed by atoms with E-state index in [0.29, 0.717) is 36.7 Å². The molecule has 2 atom stereocenters. The Bertz CT molecular complexity index is 443. The molecule has 0 aliphatic carbocycles. The van der Waals surface area contributed by atoms with Crippen LogP contribution in [0.5, 0.6) is 11.5 Å². The number of carbonyl (C=O) groups is 1. The molecule has 4 heteroatoms. The van der Waals surface area contributed by atoms with Crippen LogP contribution < -0.4 is 9.47 Å². The maximum Gasteiger partial charge on any atom is 0.164 e. The van der Waals surface area contributed by atoms with E-state index in [1.165, 1.54) is 6.92 Å². The second-order valence-corrected chi connectivity index (χ2v) is 4.55. The number of carbonyl (C=O) groups excluding carboxylic acids is 1. The Morgan fingerprint density at radius 3 is 2.72 bits per heavy atom. The monoisotopic (exact) mass is 252 g/mol. The van der Waals surface area contributed by atoms with Gasteiger partial charge in [-0.1, -0.05) is 6.92 Å². The Labute approximate surface area is 106 Å². The number of benzene rings is 1. The van der Waals surface area contributed by atoms with Gasteiger partial charge < -0.3 is 14.3 Å². The van der Waals surface area contributed by atoms with Crippen molar-refractivity contribution in [3.63, 3.8) is 0 Å². The number of fused-ring (bicyclic) bond motifs is 1. The lowest BCUT2D eigenvalue weighted by atomic mass is 9.94. The quantitative estimate of drug-likeness (QED) is 0.772. The number of halogens is 1. The highest BCUT2D eigenvalue weighted by Gasteiger charge is 2.22. The van der Waals surface area contributed by atoms with Gasteiger partial charge in [-0.25, -0.2) is 4.39 Å². The molecule has 98 valence electrons. The van der Waals surface area contributed by atoms with E-state index in [4.69, 9.17) is 9.47 Å². The summed E-state index contributed by atoms with van der Waals surface area (Å²) < 4.78 is 24.6. The summed E-state index contributed by atoms with van der Waals surface area (Å²) in [6, 6.07) is 3.45. The molecule has 1 heterocycles. The lowest BCUT2D eigenvalue weighted by molar-refractivity contribution is -0.108. The molecule has 18 heavy (non-hydrogen) atoms. The molecule has 1 aliphatic rings. The fourth-order valence-electron chi connectivity index (χ4n) is 2.07. The lowest BCUT2D eigenvalue weighted by Crippen LogP contribution is -2.17. The van der Waals surface area contributed by atoms with E-state index >= 15 is 0 Å². The zero-order chi connectivity index (χ0) is 13.1. The van der Waals surface area contributed by atoms with Crippen molar-refractivity contribution in [1.29, 1.82) is 0 Å². The van der Waals surface area contributed by atoms with E-state index in [1.807, 2.05) is 6.92 Å². The van der Waals surface area contributed by atoms with Crippen molar-refractivity contribution in [2.24, 2.45) is 0 Å². The Kier molecular flexibility index (Phi) is 3.84. The van der Waals surface area contributed by atoms with Gasteiger partial charge in [0, 0.05) is 12.0 Å². The predicted molar refractivity (Wildman–Crippen MR) is 66.1 cm³/mol. The van der Waals surface area contributed by atoms with Crippen molar-refractivity contribution in [3.8, 4) is 11.5 Å². The average Bonchev–Trinajstić information content (AvgIpc) is 2.37. The summed E-state index contributed by atoms with van der Waals surface area (Å²) >= 11 is 0. The SMILES string of the molecule is CC(F)c1cc2c(c(C(C)CC=O)c1)OCCO2. The fraction of sp³-hybridized carbons (Fsp3) is 0.500. The van der Waals surface area contributed by atoms with Crippen molar-refractivity contribution in [2.75, 3.05) is 13.2 Å². The zero-order valence-electron chi connectivity index (χ0n) is 10.6. The van der Waals surface area contributed by atoms with Gasteiger partial charge in [-0.3, -0.25) is 0 Å². The topological polar surface area (TPSA) is 35.5 Å². The third-order valence-electron chi connectivity index (χ3n) is 3.13. The summed E-state index contributed by atoms with van der Waals surface area (Å²) in [4.78, 5) is 10.6. The first kappa shape index (κ1) is 12.9. The second-order valence-electron chi connectivity index (χ2n) is 4.55. The van der Waals surface area contributed by atoms with Crippen molar-refractivity contribution in [2.45, 2.75) is 32.4 Å². The van der Waals surface area contributed by atoms with Crippen LogP contribution in [-0.4, -0.2) is 19.5 Å². The van der Waals surface area contributed by atoms with Gasteiger partial charge in [-0.2, -0.15) is 0 Å². The van der Waals surface area contributed by atoms with Crippen molar-refractivity contribution in [1.82, 2.24) is 0 Å². The molecule has 2 rings (SSSR count). The van der Waals surface area contributed by atoms with E-state index in [9.17, 15) is 9.18 Å². The molecule has 0 N–H and O–H groups in total. The number of rotatable bonds is 4. The first-order valence-corrected chi connectivity index (χ1v) is 6.14. The van der Waals surface area contributed by atoms with Gasteiger partial charge in [0.05, 0.1) is 0 Å². The molecule has 0 saturated heterocycles. The summed E-state index contributed by atoms with van der Waals surface area (Å²) in [5.41, 5.74) is 1.41. The number of ether oxygens (including phenoxy) is 2. The molecule has 0 saturated carbocycles. The van der Waals surface area contributed by atoms with E-state index in [0.717, 1.165) is 11.8 Å². The molecular weight excluding hydrogens is 235 g/mol. The largest absolute Gasteiger partial charge is 0.486 e. The minimum absolute atomic E-state index is 0.00310. The normalized spacial score (nSPS) is 17.1. The predicted octanol–water partition coefficient (Wildman–Crippen LogP) is 3.18. The molecule has 0 radical (unpaired) electrons. The van der Waals surface area contributed by atoms with Gasteiger partial charge in [-0.15, -0.1) is 0 Å². The van der Waals surface area contributed by atoms with Crippen LogP contribution in [0, 0.1) is 0 Å². The first-order chi connectivity index (χ1) is 8.63. The zero-order valence-corrected chi connectivity index (χ0v) is 10.6. The van der Waals surface area contributed by atoms with Gasteiger partial charge in [0.2, 0.25) is 0 Å². The lowest BCUT2D eigenvalue weighted by Gasteiger charge is -2.24. The molecule has 0 bridgehead atoms. The van der Waals surface area contributed by atoms with Crippen LogP contribution >= 0.6 is 0 Å². The maximum atomic E-state index is 13.5. The fourth-order valence-corrected chi connectivity index (χ4v) is 2.07. The van der Waals surface area contributed by atoms with E-state index in [-0.39, 0.29) is 5.92 Å². The minimum atomic E-state index is -1.07. The van der Waals surface area contributed by atoms with Crippen LogP contribution in [0.1, 0.15) is 43.5 Å². The Morgan fingerprint density at radius 2 is 2.06 bits per heavy atom. The molecule has 1 aliphatic heterocycles. The number of hydrogen-bond donors (Lipinski definition) is 0. The highest BCUT2D eigenvalue weighted by atomic mass is 19.1. The first-order valence-electron chi connectivity index (χ1n) is 6.14. The van der Waals surface area contributed by atoms with Crippen molar-refractivity contribution >= 4 is 6.29 Å². The minimum Gasteiger partial charge on any atom is -0.486 e. The second kappa shape index (κ2) is 5.38. The van der Waals surface area contributed by atoms with Crippen LogP contribution in [0.15, 0.2) is 12.1 Å². The summed E-state index contributed by atoms with van der Waals surface area (Å²) in [6.07, 6.45) is 0.190. The number of hydrogen-bond acceptors (Lipinski definition) is 3. The van der Waals surface area contributed by atoms with Crippen LogP contribution in [0.3, 0.4) is 0 Å². The third-order valence-corrected chi connectivity index (χ3v) is 3.13. The standard InChI is InChI=1S/C14H17FO3/c1-9(3-4-16)12-7-11(10(2)15)8-13-14(12)18-6-5-17-13/h4,7-10H,3,5-6H2,1-2H3. The summed E-state index contributed by atoms with van der Waals surface area (Å²) in [7, 11) is 0. The Morgan fingerprint density at radius 1 is 1.33 bits per heavy atom.